The predicted octanol–water partition coefficient (Wildman–Crippen LogP) is 14.3. The standard InChI is InChI=1S/C55H83P2Si4.C5H5.Fe/c1-14-58(15-2,16-3)50-39-48(40-51(43-50)59(17-4,18-5)19-6)56(49-41-52(60(20-7,21-8)22-9)44-53(42-49)61(23-10,24-11)25-12)45(13)54-37-32-38-55(54)57(46-33-28-26-29-34-46)47-35-30-27-31-36-47;1-2-4-5-3-1;/h26-45H,14-25H2,1-13H3;1-5H;/t45-;;/m1../s1. The number of rotatable bonds is 23. The van der Waals surface area contributed by atoms with Crippen LogP contribution in [0.5, 0.6) is 0 Å². The van der Waals surface area contributed by atoms with E-state index in [1.165, 1.54) is 83.1 Å². The van der Waals surface area contributed by atoms with Gasteiger partial charge in [-0.3, -0.25) is 0 Å². The molecule has 1 atom stereocenters. The van der Waals surface area contributed by atoms with Crippen LogP contribution in [0, 0.1) is 62.9 Å². The van der Waals surface area contributed by atoms with Gasteiger partial charge in [0.1, 0.15) is 0 Å². The smallest absolute Gasteiger partial charge is 0.0675 e. The molecule has 4 aromatic carbocycles. The maximum absolute atomic E-state index is 2.86. The van der Waals surface area contributed by atoms with E-state index in [1.807, 2.05) is 32.1 Å². The molecule has 6 rings (SSSR count). The van der Waals surface area contributed by atoms with Crippen molar-refractivity contribution in [3.8, 4) is 0 Å². The van der Waals surface area contributed by atoms with Gasteiger partial charge in [-0.15, -0.1) is 0 Å². The van der Waals surface area contributed by atoms with Gasteiger partial charge in [0.2, 0.25) is 0 Å². The summed E-state index contributed by atoms with van der Waals surface area (Å²) in [6, 6.07) is 56.0. The zero-order valence-electron chi connectivity index (χ0n) is 44.2. The van der Waals surface area contributed by atoms with E-state index < -0.39 is 48.1 Å². The fourth-order valence-corrected chi connectivity index (χ4v) is 32.6. The first-order valence-electron chi connectivity index (χ1n) is 26.4. The minimum absolute atomic E-state index is 0. The summed E-state index contributed by atoms with van der Waals surface area (Å²) in [5.41, 5.74) is 1.92. The molecule has 2 aliphatic rings. The Kier molecular flexibility index (Phi) is 24.4. The van der Waals surface area contributed by atoms with Crippen LogP contribution in [-0.4, -0.2) is 38.0 Å². The zero-order chi connectivity index (χ0) is 48.0. The fourth-order valence-electron chi connectivity index (χ4n) is 11.8. The molecular formula is C60H88FeP2Si4. The second kappa shape index (κ2) is 27.8. The topological polar surface area (TPSA) is 0 Å². The average Bonchev–Trinajstić information content (AvgIpc) is 4.13. The van der Waals surface area contributed by atoms with E-state index >= 15 is 0 Å². The van der Waals surface area contributed by atoms with Gasteiger partial charge in [-0.2, -0.15) is 0 Å². The van der Waals surface area contributed by atoms with Crippen LogP contribution in [0.25, 0.3) is 0 Å². The van der Waals surface area contributed by atoms with Gasteiger partial charge in [-0.25, -0.2) is 0 Å². The number of hydrogen-bond acceptors (Lipinski definition) is 0. The summed E-state index contributed by atoms with van der Waals surface area (Å²) in [7, 11) is -8.29. The normalized spacial score (nSPS) is 15.7. The molecule has 0 spiro atoms. The molecule has 7 heteroatoms. The van der Waals surface area contributed by atoms with Gasteiger partial charge >= 0.3 is 0 Å². The van der Waals surface area contributed by atoms with Crippen LogP contribution in [0.3, 0.4) is 0 Å². The molecule has 2 aliphatic carbocycles. The minimum atomic E-state index is -1.71. The van der Waals surface area contributed by atoms with Crippen molar-refractivity contribution in [2.24, 2.45) is 0 Å². The summed E-state index contributed by atoms with van der Waals surface area (Å²) in [5, 5.41) is 13.3. The first kappa shape index (κ1) is 58.7. The molecule has 362 valence electrons. The van der Waals surface area contributed by atoms with Crippen molar-refractivity contribution in [1.82, 2.24) is 0 Å². The molecule has 4 aromatic rings. The average molecular weight is 1040 g/mol. The van der Waals surface area contributed by atoms with Crippen molar-refractivity contribution in [2.75, 3.05) is 0 Å². The van der Waals surface area contributed by atoms with Crippen LogP contribution in [0.1, 0.15) is 90.0 Å². The zero-order valence-corrected chi connectivity index (χ0v) is 51.1. The van der Waals surface area contributed by atoms with Gasteiger partial charge in [-0.1, -0.05) is 280 Å². The third-order valence-corrected chi connectivity index (χ3v) is 44.9. The molecule has 0 aliphatic heterocycles. The Morgan fingerprint density at radius 3 is 0.910 bits per heavy atom. The molecule has 2 fully saturated rings. The van der Waals surface area contributed by atoms with Crippen LogP contribution in [0.15, 0.2) is 97.1 Å². The molecule has 2 saturated carbocycles. The Hall–Kier alpha value is -0.873. The second-order valence-electron chi connectivity index (χ2n) is 19.3. The van der Waals surface area contributed by atoms with Gasteiger partial charge in [0.25, 0.3) is 0 Å². The van der Waals surface area contributed by atoms with E-state index in [9.17, 15) is 0 Å². The molecule has 0 saturated heterocycles. The maximum atomic E-state index is 2.86. The van der Waals surface area contributed by atoms with E-state index in [0.717, 1.165) is 0 Å². The Labute approximate surface area is 432 Å². The second-order valence-corrected chi connectivity index (χ2v) is 45.1. The van der Waals surface area contributed by atoms with Crippen molar-refractivity contribution >= 4 is 90.1 Å². The van der Waals surface area contributed by atoms with Gasteiger partial charge in [0, 0.05) is 22.7 Å². The Bertz CT molecular complexity index is 1780. The maximum Gasteiger partial charge on any atom is 0.0859 e. The molecule has 0 nitrogen and oxygen atoms in total. The molecular weight excluding hydrogens is 951 g/mol. The van der Waals surface area contributed by atoms with Crippen LogP contribution < -0.4 is 42.0 Å². The van der Waals surface area contributed by atoms with Crippen LogP contribution in [0.2, 0.25) is 72.5 Å². The van der Waals surface area contributed by atoms with Gasteiger partial charge in [0.15, 0.2) is 0 Å². The third kappa shape index (κ3) is 12.8. The van der Waals surface area contributed by atoms with Crippen molar-refractivity contribution in [3.05, 3.63) is 160 Å². The fraction of sp³-hybridized carbons (Fsp3) is 0.433. The van der Waals surface area contributed by atoms with E-state index in [4.69, 9.17) is 0 Å². The summed E-state index contributed by atoms with van der Waals surface area (Å²) >= 11 is 0. The monoisotopic (exact) mass is 1040 g/mol. The predicted molar refractivity (Wildman–Crippen MR) is 316 cm³/mol. The number of hydrogen-bond donors (Lipinski definition) is 0. The van der Waals surface area contributed by atoms with Gasteiger partial charge in [0.05, 0.1) is 32.3 Å². The summed E-state index contributed by atoms with van der Waals surface area (Å²) in [6.07, 6.45) is 17.5. The molecule has 0 N–H and O–H groups in total. The van der Waals surface area contributed by atoms with Crippen molar-refractivity contribution in [2.45, 2.75) is 168 Å². The minimum Gasteiger partial charge on any atom is -0.0675 e. The van der Waals surface area contributed by atoms with E-state index in [-0.39, 0.29) is 17.1 Å². The molecule has 0 amide bonds. The molecule has 10 radical (unpaired) electrons. The Morgan fingerprint density at radius 1 is 0.358 bits per heavy atom. The van der Waals surface area contributed by atoms with E-state index in [2.05, 4.69) is 206 Å². The van der Waals surface area contributed by atoms with E-state index in [1.54, 1.807) is 42.9 Å². The van der Waals surface area contributed by atoms with Crippen LogP contribution in [0.4, 0.5) is 0 Å². The summed E-state index contributed by atoms with van der Waals surface area (Å²) < 4.78 is 0. The van der Waals surface area contributed by atoms with Crippen molar-refractivity contribution < 1.29 is 17.1 Å². The molecule has 0 unspecified atom stereocenters. The first-order chi connectivity index (χ1) is 32.0. The van der Waals surface area contributed by atoms with Crippen LogP contribution >= 0.6 is 15.8 Å². The Morgan fingerprint density at radius 2 is 0.642 bits per heavy atom. The Balaban J connectivity index is 0.00000153. The molecule has 0 bridgehead atoms. The van der Waals surface area contributed by atoms with Gasteiger partial charge in [-0.05, 0) is 100 Å². The summed E-state index contributed by atoms with van der Waals surface area (Å²) in [5.74, 6) is 1.58. The number of benzene rings is 4. The van der Waals surface area contributed by atoms with Crippen molar-refractivity contribution in [3.63, 3.8) is 0 Å². The SMILES string of the molecule is CC[Si](CC)(CC)c1cc(P(c2cc([Si](CC)(CC)CC)cc([Si](CC)(CC)CC)c2)[C@H](C)[C]2[CH][CH][CH][C]2P(c2ccccc2)c2ccccc2)cc([Si](CC)(CC)CC)c1.[CH]1[CH][CH][CH][CH]1.[Fe]. The third-order valence-electron chi connectivity index (χ3n) is 17.5. The summed E-state index contributed by atoms with van der Waals surface area (Å²) in [6.45, 7) is 33.0. The van der Waals surface area contributed by atoms with Crippen molar-refractivity contribution in [1.29, 1.82) is 0 Å². The quantitative estimate of drug-likeness (QED) is 0.0513. The first-order valence-corrected chi connectivity index (χ1v) is 39.7. The molecule has 0 aromatic heterocycles. The largest absolute Gasteiger partial charge is 0.0859 e. The summed E-state index contributed by atoms with van der Waals surface area (Å²) in [4.78, 5) is 0. The van der Waals surface area contributed by atoms with Crippen LogP contribution in [-0.2, 0) is 17.1 Å². The van der Waals surface area contributed by atoms with Gasteiger partial charge < -0.3 is 0 Å². The van der Waals surface area contributed by atoms with E-state index in [0.29, 0.717) is 5.66 Å². The molecule has 67 heavy (non-hydrogen) atoms. The molecule has 0 heterocycles.